The molecule has 1 N–H and O–H groups in total. The second-order valence-corrected chi connectivity index (χ2v) is 8.63. The molecule has 0 aliphatic carbocycles. The number of ether oxygens (including phenoxy) is 2. The van der Waals surface area contributed by atoms with Crippen molar-refractivity contribution in [1.29, 1.82) is 0 Å². The van der Waals surface area contributed by atoms with Crippen LogP contribution in [0, 0.1) is 12.7 Å². The van der Waals surface area contributed by atoms with Gasteiger partial charge in [0.15, 0.2) is 11.5 Å². The van der Waals surface area contributed by atoms with Gasteiger partial charge in [-0.25, -0.2) is 14.1 Å². The zero-order chi connectivity index (χ0) is 25.1. The molecule has 0 spiro atoms. The molecule has 0 aromatic heterocycles. The Balaban J connectivity index is 1.61. The molecule has 4 rings (SSSR count). The summed E-state index contributed by atoms with van der Waals surface area (Å²) in [4.78, 5) is 39.1. The van der Waals surface area contributed by atoms with E-state index in [9.17, 15) is 18.8 Å². The smallest absolute Gasteiger partial charge is 0.335 e. The lowest BCUT2D eigenvalue weighted by atomic mass is 10.1. The lowest BCUT2D eigenvalue weighted by Crippen LogP contribution is -2.54. The molecule has 1 heterocycles. The van der Waals surface area contributed by atoms with Crippen molar-refractivity contribution < 1.29 is 28.2 Å². The molecule has 178 valence electrons. The fourth-order valence-corrected chi connectivity index (χ4v) is 4.07. The molecule has 4 amide bonds. The molecule has 0 unspecified atom stereocenters. The molecular weight excluding hydrogens is 519 g/mol. The predicted molar refractivity (Wildman–Crippen MR) is 132 cm³/mol. The van der Waals surface area contributed by atoms with Gasteiger partial charge in [0.1, 0.15) is 18.0 Å². The van der Waals surface area contributed by atoms with Gasteiger partial charge in [-0.1, -0.05) is 34.1 Å². The number of hydrogen-bond donors (Lipinski definition) is 1. The number of halogens is 2. The molecule has 1 saturated heterocycles. The number of carbonyl (C=O) groups is 3. The number of hydrogen-bond acceptors (Lipinski definition) is 5. The van der Waals surface area contributed by atoms with Crippen molar-refractivity contribution in [3.63, 3.8) is 0 Å². The minimum absolute atomic E-state index is 0.124. The van der Waals surface area contributed by atoms with Crippen LogP contribution >= 0.6 is 15.9 Å². The minimum atomic E-state index is -0.818. The number of rotatable bonds is 6. The molecule has 0 radical (unpaired) electrons. The highest BCUT2D eigenvalue weighted by molar-refractivity contribution is 9.10. The van der Waals surface area contributed by atoms with E-state index in [2.05, 4.69) is 21.2 Å². The van der Waals surface area contributed by atoms with Gasteiger partial charge < -0.3 is 9.47 Å². The van der Waals surface area contributed by atoms with Crippen LogP contribution in [-0.2, 0) is 16.2 Å². The van der Waals surface area contributed by atoms with E-state index in [1.165, 1.54) is 25.3 Å². The molecule has 35 heavy (non-hydrogen) atoms. The van der Waals surface area contributed by atoms with Gasteiger partial charge in [0, 0.05) is 4.47 Å². The van der Waals surface area contributed by atoms with Crippen LogP contribution in [0.5, 0.6) is 11.5 Å². The van der Waals surface area contributed by atoms with Crippen LogP contribution in [0.4, 0.5) is 14.9 Å². The Morgan fingerprint density at radius 1 is 1.03 bits per heavy atom. The van der Waals surface area contributed by atoms with E-state index in [4.69, 9.17) is 9.47 Å². The Hall–Kier alpha value is -3.98. The third-order valence-electron chi connectivity index (χ3n) is 5.28. The third-order valence-corrected chi connectivity index (χ3v) is 5.78. The standard InChI is InChI=1S/C26H20BrFN2O5/c1-15-10-18(27)7-8-21(15)30-25(32)20(24(31)29-26(30)33)12-16-6-9-22(23(13-16)34-2)35-14-17-4-3-5-19(28)11-17/h3-13H,14H2,1-2H3,(H,29,31,33)/b20-12-. The Kier molecular flexibility index (Phi) is 6.97. The number of benzene rings is 3. The Morgan fingerprint density at radius 3 is 2.54 bits per heavy atom. The summed E-state index contributed by atoms with van der Waals surface area (Å²) in [5.74, 6) is -1.14. The van der Waals surface area contributed by atoms with E-state index in [1.54, 1.807) is 55.5 Å². The van der Waals surface area contributed by atoms with E-state index in [1.807, 2.05) is 0 Å². The third kappa shape index (κ3) is 5.25. The van der Waals surface area contributed by atoms with Crippen molar-refractivity contribution in [2.75, 3.05) is 12.0 Å². The van der Waals surface area contributed by atoms with E-state index in [0.717, 1.165) is 9.37 Å². The molecule has 9 heteroatoms. The molecular formula is C26H20BrFN2O5. The first-order valence-corrected chi connectivity index (χ1v) is 11.3. The van der Waals surface area contributed by atoms with Crippen molar-refractivity contribution in [3.8, 4) is 11.5 Å². The van der Waals surface area contributed by atoms with Crippen LogP contribution in [0.25, 0.3) is 6.08 Å². The highest BCUT2D eigenvalue weighted by Gasteiger charge is 2.37. The maximum Gasteiger partial charge on any atom is 0.335 e. The fourth-order valence-electron chi connectivity index (χ4n) is 3.59. The first-order chi connectivity index (χ1) is 16.8. The number of nitrogens with one attached hydrogen (secondary N) is 1. The molecule has 0 saturated carbocycles. The van der Waals surface area contributed by atoms with Gasteiger partial charge in [0.05, 0.1) is 12.8 Å². The first-order valence-electron chi connectivity index (χ1n) is 10.5. The van der Waals surface area contributed by atoms with Gasteiger partial charge in [-0.05, 0) is 72.2 Å². The summed E-state index contributed by atoms with van der Waals surface area (Å²) in [6, 6.07) is 15.2. The van der Waals surface area contributed by atoms with Crippen molar-refractivity contribution >= 4 is 45.5 Å². The van der Waals surface area contributed by atoms with E-state index < -0.39 is 17.8 Å². The normalized spacial score (nSPS) is 14.8. The zero-order valence-corrected chi connectivity index (χ0v) is 20.4. The SMILES string of the molecule is COc1cc(/C=C2/C(=O)NC(=O)N(c3ccc(Br)cc3C)C2=O)ccc1OCc1cccc(F)c1. The van der Waals surface area contributed by atoms with Crippen LogP contribution in [-0.4, -0.2) is 25.0 Å². The van der Waals surface area contributed by atoms with Gasteiger partial charge >= 0.3 is 6.03 Å². The molecule has 3 aromatic rings. The van der Waals surface area contributed by atoms with E-state index >= 15 is 0 Å². The number of urea groups is 1. The Labute approximate surface area is 209 Å². The number of nitrogens with zero attached hydrogens (tertiary/aromatic N) is 1. The van der Waals surface area contributed by atoms with Crippen molar-refractivity contribution in [3.05, 3.63) is 93.2 Å². The number of anilines is 1. The minimum Gasteiger partial charge on any atom is -0.493 e. The predicted octanol–water partition coefficient (Wildman–Crippen LogP) is 5.15. The molecule has 7 nitrogen and oxygen atoms in total. The summed E-state index contributed by atoms with van der Waals surface area (Å²) in [6.45, 7) is 1.88. The van der Waals surface area contributed by atoms with Gasteiger partial charge in [-0.3, -0.25) is 14.9 Å². The van der Waals surface area contributed by atoms with Crippen molar-refractivity contribution in [2.45, 2.75) is 13.5 Å². The number of imide groups is 2. The second-order valence-electron chi connectivity index (χ2n) is 7.72. The number of amides is 4. The zero-order valence-electron chi connectivity index (χ0n) is 18.8. The average molecular weight is 539 g/mol. The summed E-state index contributed by atoms with van der Waals surface area (Å²) in [5.41, 5.74) is 1.98. The fraction of sp³-hybridized carbons (Fsp3) is 0.115. The summed E-state index contributed by atoms with van der Waals surface area (Å²) in [7, 11) is 1.45. The summed E-state index contributed by atoms with van der Waals surface area (Å²) in [5, 5.41) is 2.21. The second kappa shape index (κ2) is 10.1. The van der Waals surface area contributed by atoms with Crippen LogP contribution in [0.1, 0.15) is 16.7 Å². The lowest BCUT2D eigenvalue weighted by molar-refractivity contribution is -0.122. The van der Waals surface area contributed by atoms with Crippen LogP contribution < -0.4 is 19.7 Å². The van der Waals surface area contributed by atoms with E-state index in [0.29, 0.717) is 33.9 Å². The molecule has 0 atom stereocenters. The van der Waals surface area contributed by atoms with Gasteiger partial charge in [0.25, 0.3) is 11.8 Å². The molecule has 3 aromatic carbocycles. The molecule has 1 aliphatic heterocycles. The summed E-state index contributed by atoms with van der Waals surface area (Å²) in [6.07, 6.45) is 1.38. The van der Waals surface area contributed by atoms with Crippen LogP contribution in [0.3, 0.4) is 0 Å². The van der Waals surface area contributed by atoms with Crippen molar-refractivity contribution in [1.82, 2.24) is 5.32 Å². The monoisotopic (exact) mass is 538 g/mol. The van der Waals surface area contributed by atoms with Crippen LogP contribution in [0.15, 0.2) is 70.7 Å². The number of methoxy groups -OCH3 is 1. The van der Waals surface area contributed by atoms with Crippen molar-refractivity contribution in [2.24, 2.45) is 0 Å². The highest BCUT2D eigenvalue weighted by atomic mass is 79.9. The molecule has 1 fully saturated rings. The van der Waals surface area contributed by atoms with E-state index in [-0.39, 0.29) is 18.0 Å². The van der Waals surface area contributed by atoms with Gasteiger partial charge in [-0.2, -0.15) is 0 Å². The van der Waals surface area contributed by atoms with Gasteiger partial charge in [0.2, 0.25) is 0 Å². The Bertz CT molecular complexity index is 1370. The first kappa shape index (κ1) is 24.2. The lowest BCUT2D eigenvalue weighted by Gasteiger charge is -2.27. The maximum absolute atomic E-state index is 13.4. The van der Waals surface area contributed by atoms with Crippen LogP contribution in [0.2, 0.25) is 0 Å². The summed E-state index contributed by atoms with van der Waals surface area (Å²) < 4.78 is 25.3. The average Bonchev–Trinajstić information content (AvgIpc) is 2.82. The highest BCUT2D eigenvalue weighted by Crippen LogP contribution is 2.31. The van der Waals surface area contributed by atoms with Gasteiger partial charge in [-0.15, -0.1) is 0 Å². The number of aryl methyl sites for hydroxylation is 1. The summed E-state index contributed by atoms with van der Waals surface area (Å²) >= 11 is 3.35. The molecule has 0 bridgehead atoms. The quantitative estimate of drug-likeness (QED) is 0.346. The number of barbiturate groups is 1. The number of carbonyl (C=O) groups excluding carboxylic acids is 3. The molecule has 1 aliphatic rings. The maximum atomic E-state index is 13.4. The largest absolute Gasteiger partial charge is 0.493 e. The Morgan fingerprint density at radius 2 is 1.83 bits per heavy atom. The topological polar surface area (TPSA) is 84.9 Å².